The zero-order valence-corrected chi connectivity index (χ0v) is 20.7. The maximum absolute atomic E-state index is 13.3. The lowest BCUT2D eigenvalue weighted by atomic mass is 9.95. The van der Waals surface area contributed by atoms with Crippen LogP contribution in [0.2, 0.25) is 0 Å². The van der Waals surface area contributed by atoms with Gasteiger partial charge in [-0.3, -0.25) is 9.59 Å². The van der Waals surface area contributed by atoms with Crippen molar-refractivity contribution < 1.29 is 28.9 Å². The summed E-state index contributed by atoms with van der Waals surface area (Å²) in [5.41, 5.74) is 2.01. The fraction of sp³-hybridized carbons (Fsp3) is 0.267. The van der Waals surface area contributed by atoms with Gasteiger partial charge < -0.3 is 24.2 Å². The molecule has 2 aliphatic heterocycles. The third-order valence-corrected chi connectivity index (χ3v) is 6.51. The molecule has 0 aliphatic carbocycles. The van der Waals surface area contributed by atoms with E-state index in [0.29, 0.717) is 48.2 Å². The van der Waals surface area contributed by atoms with Crippen molar-refractivity contribution in [2.45, 2.75) is 32.4 Å². The van der Waals surface area contributed by atoms with E-state index in [-0.39, 0.29) is 17.9 Å². The van der Waals surface area contributed by atoms with Crippen molar-refractivity contribution in [3.8, 4) is 17.2 Å². The van der Waals surface area contributed by atoms with Crippen molar-refractivity contribution in [3.05, 3.63) is 95.1 Å². The average molecular weight is 500 g/mol. The number of hydrogen-bond acceptors (Lipinski definition) is 6. The molecule has 0 radical (unpaired) electrons. The first-order valence-corrected chi connectivity index (χ1v) is 12.5. The van der Waals surface area contributed by atoms with Crippen molar-refractivity contribution in [1.29, 1.82) is 0 Å². The maximum Gasteiger partial charge on any atom is 0.295 e. The molecule has 37 heavy (non-hydrogen) atoms. The number of ketones is 1. The molecule has 3 aromatic rings. The summed E-state index contributed by atoms with van der Waals surface area (Å²) >= 11 is 0. The summed E-state index contributed by atoms with van der Waals surface area (Å²) in [6, 6.07) is 21.1. The molecular weight excluding hydrogens is 470 g/mol. The van der Waals surface area contributed by atoms with Gasteiger partial charge in [-0.05, 0) is 47.9 Å². The summed E-state index contributed by atoms with van der Waals surface area (Å²) in [5.74, 6) is 0.137. The predicted octanol–water partition coefficient (Wildman–Crippen LogP) is 5.26. The number of likely N-dealkylation sites (tertiary alicyclic amines) is 1. The van der Waals surface area contributed by atoms with Crippen LogP contribution in [0.25, 0.3) is 5.76 Å². The fourth-order valence-electron chi connectivity index (χ4n) is 4.60. The molecule has 3 aromatic carbocycles. The number of hydrogen-bond donors (Lipinski definition) is 1. The maximum atomic E-state index is 13.3. The lowest BCUT2D eigenvalue weighted by molar-refractivity contribution is -0.140. The number of carbonyl (C=O) groups is 2. The topological polar surface area (TPSA) is 85.3 Å². The zero-order chi connectivity index (χ0) is 25.8. The predicted molar refractivity (Wildman–Crippen MR) is 139 cm³/mol. The van der Waals surface area contributed by atoms with E-state index in [1.165, 1.54) is 4.90 Å². The number of Topliss-reactive ketones (excluding diaryl/α,β-unsaturated/α-hetero) is 1. The molecule has 5 rings (SSSR count). The van der Waals surface area contributed by atoms with Crippen LogP contribution in [0.3, 0.4) is 0 Å². The summed E-state index contributed by atoms with van der Waals surface area (Å²) < 4.78 is 17.0. The van der Waals surface area contributed by atoms with E-state index < -0.39 is 17.7 Å². The highest BCUT2D eigenvalue weighted by molar-refractivity contribution is 6.46. The Bertz CT molecular complexity index is 1320. The van der Waals surface area contributed by atoms with E-state index >= 15 is 0 Å². The van der Waals surface area contributed by atoms with Gasteiger partial charge in [0.15, 0.2) is 11.5 Å². The Balaban J connectivity index is 1.56. The minimum atomic E-state index is -0.766. The van der Waals surface area contributed by atoms with Gasteiger partial charge in [-0.25, -0.2) is 0 Å². The molecule has 7 nitrogen and oxygen atoms in total. The molecule has 2 aliphatic rings. The molecule has 0 bridgehead atoms. The third-order valence-electron chi connectivity index (χ3n) is 6.51. The van der Waals surface area contributed by atoms with Gasteiger partial charge in [-0.15, -0.1) is 0 Å². The second kappa shape index (κ2) is 10.8. The Kier molecular flexibility index (Phi) is 7.12. The van der Waals surface area contributed by atoms with Crippen LogP contribution < -0.4 is 14.2 Å². The monoisotopic (exact) mass is 499 g/mol. The van der Waals surface area contributed by atoms with Crippen LogP contribution in [0.1, 0.15) is 42.5 Å². The van der Waals surface area contributed by atoms with Crippen molar-refractivity contribution in [1.82, 2.24) is 4.90 Å². The minimum absolute atomic E-state index is 0.0391. The van der Waals surface area contributed by atoms with Crippen molar-refractivity contribution in [3.63, 3.8) is 0 Å². The van der Waals surface area contributed by atoms with Gasteiger partial charge in [0.1, 0.15) is 24.7 Å². The number of nitrogens with zero attached hydrogens (tertiary/aromatic N) is 1. The van der Waals surface area contributed by atoms with E-state index in [1.807, 2.05) is 54.6 Å². The number of rotatable bonds is 8. The number of unbranched alkanes of at least 4 members (excludes halogenated alkanes) is 1. The minimum Gasteiger partial charge on any atom is -0.507 e. The zero-order valence-electron chi connectivity index (χ0n) is 20.7. The van der Waals surface area contributed by atoms with Crippen molar-refractivity contribution >= 4 is 17.4 Å². The summed E-state index contributed by atoms with van der Waals surface area (Å²) in [6.45, 7) is 3.78. The second-order valence-corrected chi connectivity index (χ2v) is 9.04. The number of amides is 1. The molecule has 0 saturated carbocycles. The Labute approximate surface area is 215 Å². The molecule has 1 amide bonds. The van der Waals surface area contributed by atoms with Crippen LogP contribution in [0.15, 0.2) is 78.4 Å². The Morgan fingerprint density at radius 2 is 1.70 bits per heavy atom. The first-order valence-electron chi connectivity index (χ1n) is 12.5. The van der Waals surface area contributed by atoms with Gasteiger partial charge >= 0.3 is 0 Å². The highest BCUT2D eigenvalue weighted by Gasteiger charge is 2.46. The molecule has 7 heteroatoms. The molecule has 1 unspecified atom stereocenters. The van der Waals surface area contributed by atoms with Gasteiger partial charge in [0.2, 0.25) is 0 Å². The average Bonchev–Trinajstić information content (AvgIpc) is 3.18. The quantitative estimate of drug-likeness (QED) is 0.197. The van der Waals surface area contributed by atoms with Crippen LogP contribution in [0, 0.1) is 0 Å². The van der Waals surface area contributed by atoms with Crippen LogP contribution in [-0.2, 0) is 16.1 Å². The number of carbonyl (C=O) groups excluding carboxylic acids is 2. The number of aliphatic hydroxyl groups excluding tert-OH is 1. The number of fused-ring (bicyclic) bond motifs is 1. The normalized spacial score (nSPS) is 18.2. The van der Waals surface area contributed by atoms with E-state index in [4.69, 9.17) is 14.2 Å². The molecule has 0 aromatic heterocycles. The highest BCUT2D eigenvalue weighted by Crippen LogP contribution is 2.42. The summed E-state index contributed by atoms with van der Waals surface area (Å²) in [7, 11) is 0. The number of aliphatic hydroxyl groups is 1. The SMILES string of the molecule is CCCCOc1ccc(C2/C(=C(/O)c3ccc4c(c3)OCCO4)C(=O)C(=O)N2Cc2ccccc2)cc1. The molecule has 2 heterocycles. The number of benzene rings is 3. The van der Waals surface area contributed by atoms with E-state index in [2.05, 4.69) is 6.92 Å². The second-order valence-electron chi connectivity index (χ2n) is 9.04. The van der Waals surface area contributed by atoms with Crippen LogP contribution in [-0.4, -0.2) is 41.5 Å². The first kappa shape index (κ1) is 24.4. The molecule has 1 saturated heterocycles. The molecule has 190 valence electrons. The lowest BCUT2D eigenvalue weighted by Gasteiger charge is -2.26. The fourth-order valence-corrected chi connectivity index (χ4v) is 4.60. The molecule has 1 N–H and O–H groups in total. The van der Waals surface area contributed by atoms with Crippen LogP contribution >= 0.6 is 0 Å². The van der Waals surface area contributed by atoms with Gasteiger partial charge in [-0.1, -0.05) is 55.8 Å². The standard InChI is InChI=1S/C30H29NO6/c1-2-3-15-35-23-12-9-21(10-13-23)27-26(28(32)22-11-14-24-25(18-22)37-17-16-36-24)29(33)30(34)31(27)19-20-7-5-4-6-8-20/h4-14,18,27,32H,2-3,15-17,19H2,1H3/b28-26-. The molecular formula is C30H29NO6. The van der Waals surface area contributed by atoms with Gasteiger partial charge in [0, 0.05) is 12.1 Å². The van der Waals surface area contributed by atoms with Gasteiger partial charge in [0.25, 0.3) is 11.7 Å². The van der Waals surface area contributed by atoms with Crippen LogP contribution in [0.5, 0.6) is 17.2 Å². The third kappa shape index (κ3) is 5.03. The van der Waals surface area contributed by atoms with Crippen molar-refractivity contribution in [2.75, 3.05) is 19.8 Å². The molecule has 1 atom stereocenters. The largest absolute Gasteiger partial charge is 0.507 e. The van der Waals surface area contributed by atoms with E-state index in [9.17, 15) is 14.7 Å². The van der Waals surface area contributed by atoms with Crippen LogP contribution in [0.4, 0.5) is 0 Å². The van der Waals surface area contributed by atoms with E-state index in [1.54, 1.807) is 18.2 Å². The summed E-state index contributed by atoms with van der Waals surface area (Å²) in [6.07, 6.45) is 1.99. The first-order chi connectivity index (χ1) is 18.1. The lowest BCUT2D eigenvalue weighted by Crippen LogP contribution is -2.29. The highest BCUT2D eigenvalue weighted by atomic mass is 16.6. The Morgan fingerprint density at radius 1 is 0.973 bits per heavy atom. The molecule has 1 fully saturated rings. The van der Waals surface area contributed by atoms with Crippen molar-refractivity contribution in [2.24, 2.45) is 0 Å². The van der Waals surface area contributed by atoms with Gasteiger partial charge in [0.05, 0.1) is 18.2 Å². The van der Waals surface area contributed by atoms with E-state index in [0.717, 1.165) is 18.4 Å². The number of ether oxygens (including phenoxy) is 3. The smallest absolute Gasteiger partial charge is 0.295 e. The van der Waals surface area contributed by atoms with Gasteiger partial charge in [-0.2, -0.15) is 0 Å². The molecule has 0 spiro atoms. The Hall–Kier alpha value is -4.26. The summed E-state index contributed by atoms with van der Waals surface area (Å²) in [4.78, 5) is 28.1. The summed E-state index contributed by atoms with van der Waals surface area (Å²) in [5, 5.41) is 11.4. The Morgan fingerprint density at radius 3 is 2.43 bits per heavy atom.